The molecule has 0 unspecified atom stereocenters. The van der Waals surface area contributed by atoms with Gasteiger partial charge >= 0.3 is 0 Å². The molecule has 0 aliphatic heterocycles. The van der Waals surface area contributed by atoms with Gasteiger partial charge in [-0.25, -0.2) is 4.39 Å². The summed E-state index contributed by atoms with van der Waals surface area (Å²) in [7, 11) is 0. The number of benzene rings is 2. The van der Waals surface area contributed by atoms with Gasteiger partial charge in [0.05, 0.1) is 0 Å². The van der Waals surface area contributed by atoms with Gasteiger partial charge in [-0.2, -0.15) is 0 Å². The summed E-state index contributed by atoms with van der Waals surface area (Å²) in [6.07, 6.45) is 1.37. The quantitative estimate of drug-likeness (QED) is 0.647. The fourth-order valence-electron chi connectivity index (χ4n) is 3.14. The number of nitrogens with zero attached hydrogens (tertiary/aromatic N) is 1. The van der Waals surface area contributed by atoms with Crippen LogP contribution in [0.5, 0.6) is 0 Å². The summed E-state index contributed by atoms with van der Waals surface area (Å²) >= 11 is 0. The maximum atomic E-state index is 14.3. The Morgan fingerprint density at radius 3 is 2.31 bits per heavy atom. The van der Waals surface area contributed by atoms with Crippen molar-refractivity contribution >= 4 is 11.8 Å². The summed E-state index contributed by atoms with van der Waals surface area (Å²) in [5.74, 6) is -0.426. The molecule has 0 fully saturated rings. The molecule has 0 aliphatic rings. The number of nitrogens with one attached hydrogen (secondary N) is 1. The second-order valence-corrected chi connectivity index (χ2v) is 7.71. The Morgan fingerprint density at radius 1 is 1.03 bits per heavy atom. The third-order valence-corrected chi connectivity index (χ3v) is 4.72. The summed E-state index contributed by atoms with van der Waals surface area (Å²) in [6.45, 7) is 6.56. The van der Waals surface area contributed by atoms with E-state index in [0.29, 0.717) is 37.3 Å². The molecule has 0 saturated heterocycles. The maximum Gasteiger partial charge on any atom is 0.243 e. The smallest absolute Gasteiger partial charge is 0.243 e. The zero-order chi connectivity index (χ0) is 21.2. The number of amides is 2. The van der Waals surface area contributed by atoms with Crippen LogP contribution in [0.15, 0.2) is 54.6 Å². The standard InChI is InChI=1S/C24H31FN2O2/c1-4-10-23(28)27(17-20-13-8-9-14-21(20)25)22(24(29)26-16-18(2)3)15-19-11-6-5-7-12-19/h5-9,11-14,18,22H,4,10,15-17H2,1-3H3,(H,26,29)/t22-/m1/s1. The van der Waals surface area contributed by atoms with Crippen LogP contribution >= 0.6 is 0 Å². The van der Waals surface area contributed by atoms with E-state index in [4.69, 9.17) is 0 Å². The monoisotopic (exact) mass is 398 g/mol. The lowest BCUT2D eigenvalue weighted by molar-refractivity contribution is -0.141. The molecule has 29 heavy (non-hydrogen) atoms. The fraction of sp³-hybridized carbons (Fsp3) is 0.417. The summed E-state index contributed by atoms with van der Waals surface area (Å²) in [4.78, 5) is 27.6. The molecule has 2 aromatic rings. The average molecular weight is 399 g/mol. The molecule has 0 aromatic heterocycles. The van der Waals surface area contributed by atoms with Gasteiger partial charge in [-0.05, 0) is 24.0 Å². The van der Waals surface area contributed by atoms with Crippen molar-refractivity contribution in [1.82, 2.24) is 10.2 Å². The molecule has 5 heteroatoms. The Hall–Kier alpha value is -2.69. The molecule has 1 N–H and O–H groups in total. The Bertz CT molecular complexity index is 792. The minimum absolute atomic E-state index is 0.0676. The minimum atomic E-state index is -0.699. The first-order valence-corrected chi connectivity index (χ1v) is 10.3. The van der Waals surface area contributed by atoms with Gasteiger partial charge < -0.3 is 10.2 Å². The van der Waals surface area contributed by atoms with Crippen LogP contribution in [0.25, 0.3) is 0 Å². The van der Waals surface area contributed by atoms with Crippen LogP contribution in [0.2, 0.25) is 0 Å². The zero-order valence-corrected chi connectivity index (χ0v) is 17.5. The first-order valence-electron chi connectivity index (χ1n) is 10.3. The van der Waals surface area contributed by atoms with Crippen molar-refractivity contribution in [3.63, 3.8) is 0 Å². The lowest BCUT2D eigenvalue weighted by Gasteiger charge is -2.32. The van der Waals surface area contributed by atoms with Crippen molar-refractivity contribution in [3.05, 3.63) is 71.5 Å². The number of halogens is 1. The van der Waals surface area contributed by atoms with E-state index in [0.717, 1.165) is 5.56 Å². The minimum Gasteiger partial charge on any atom is -0.354 e. The Kier molecular flexibility index (Phi) is 8.84. The maximum absolute atomic E-state index is 14.3. The molecule has 2 aromatic carbocycles. The van der Waals surface area contributed by atoms with Crippen molar-refractivity contribution in [3.8, 4) is 0 Å². The third kappa shape index (κ3) is 7.00. The molecule has 0 bridgehead atoms. The van der Waals surface area contributed by atoms with Crippen molar-refractivity contribution in [2.75, 3.05) is 6.54 Å². The van der Waals surface area contributed by atoms with E-state index < -0.39 is 6.04 Å². The molecule has 4 nitrogen and oxygen atoms in total. The lowest BCUT2D eigenvalue weighted by Crippen LogP contribution is -2.51. The van der Waals surface area contributed by atoms with Crippen LogP contribution in [0.4, 0.5) is 4.39 Å². The molecule has 2 amide bonds. The number of hydrogen-bond donors (Lipinski definition) is 1. The second kappa shape index (κ2) is 11.3. The van der Waals surface area contributed by atoms with Gasteiger partial charge in [-0.15, -0.1) is 0 Å². The zero-order valence-electron chi connectivity index (χ0n) is 17.5. The molecule has 0 radical (unpaired) electrons. The van der Waals surface area contributed by atoms with E-state index in [2.05, 4.69) is 5.32 Å². The van der Waals surface area contributed by atoms with Gasteiger partial charge in [-0.1, -0.05) is 69.3 Å². The van der Waals surface area contributed by atoms with Crippen molar-refractivity contribution < 1.29 is 14.0 Å². The number of carbonyl (C=O) groups excluding carboxylic acids is 2. The SMILES string of the molecule is CCCC(=O)N(Cc1ccccc1F)[C@H](Cc1ccccc1)C(=O)NCC(C)C. The highest BCUT2D eigenvalue weighted by atomic mass is 19.1. The third-order valence-electron chi connectivity index (χ3n) is 4.72. The molecule has 2 rings (SSSR count). The highest BCUT2D eigenvalue weighted by Crippen LogP contribution is 2.18. The predicted octanol–water partition coefficient (Wildman–Crippen LogP) is 4.34. The van der Waals surface area contributed by atoms with Gasteiger partial charge in [0.15, 0.2) is 0 Å². The number of hydrogen-bond acceptors (Lipinski definition) is 2. The van der Waals surface area contributed by atoms with Gasteiger partial charge in [0, 0.05) is 31.5 Å². The van der Waals surface area contributed by atoms with Crippen molar-refractivity contribution in [2.24, 2.45) is 5.92 Å². The normalized spacial score (nSPS) is 11.9. The van der Waals surface area contributed by atoms with Gasteiger partial charge in [0.1, 0.15) is 11.9 Å². The van der Waals surface area contributed by atoms with Gasteiger partial charge in [-0.3, -0.25) is 9.59 Å². The van der Waals surface area contributed by atoms with E-state index >= 15 is 0 Å². The van der Waals surface area contributed by atoms with Crippen LogP contribution in [0, 0.1) is 11.7 Å². The van der Waals surface area contributed by atoms with E-state index in [1.54, 1.807) is 18.2 Å². The average Bonchev–Trinajstić information content (AvgIpc) is 2.71. The fourth-order valence-corrected chi connectivity index (χ4v) is 3.14. The van der Waals surface area contributed by atoms with Gasteiger partial charge in [0.25, 0.3) is 0 Å². The topological polar surface area (TPSA) is 49.4 Å². The number of carbonyl (C=O) groups is 2. The first-order chi connectivity index (χ1) is 13.9. The van der Waals surface area contributed by atoms with Crippen LogP contribution < -0.4 is 5.32 Å². The van der Waals surface area contributed by atoms with E-state index in [9.17, 15) is 14.0 Å². The van der Waals surface area contributed by atoms with Crippen molar-refractivity contribution in [1.29, 1.82) is 0 Å². The molecular weight excluding hydrogens is 367 g/mol. The molecule has 0 aliphatic carbocycles. The molecule has 1 atom stereocenters. The van der Waals surface area contributed by atoms with E-state index in [-0.39, 0.29) is 24.2 Å². The Morgan fingerprint density at radius 2 is 1.69 bits per heavy atom. The summed E-state index contributed by atoms with van der Waals surface area (Å²) < 4.78 is 14.3. The highest BCUT2D eigenvalue weighted by Gasteiger charge is 2.30. The highest BCUT2D eigenvalue weighted by molar-refractivity contribution is 5.88. The van der Waals surface area contributed by atoms with Crippen LogP contribution in [0.3, 0.4) is 0 Å². The van der Waals surface area contributed by atoms with Crippen LogP contribution in [-0.2, 0) is 22.6 Å². The Balaban J connectivity index is 2.36. The molecular formula is C24H31FN2O2. The summed E-state index contributed by atoms with van der Waals surface area (Å²) in [6, 6.07) is 15.3. The van der Waals surface area contributed by atoms with Gasteiger partial charge in [0.2, 0.25) is 11.8 Å². The second-order valence-electron chi connectivity index (χ2n) is 7.71. The molecule has 0 saturated carbocycles. The molecule has 0 spiro atoms. The van der Waals surface area contributed by atoms with Crippen LogP contribution in [0.1, 0.15) is 44.7 Å². The van der Waals surface area contributed by atoms with E-state index in [1.165, 1.54) is 11.0 Å². The van der Waals surface area contributed by atoms with E-state index in [1.807, 2.05) is 51.1 Å². The largest absolute Gasteiger partial charge is 0.354 e. The summed E-state index contributed by atoms with van der Waals surface area (Å²) in [5.41, 5.74) is 1.37. The van der Waals surface area contributed by atoms with Crippen LogP contribution in [-0.4, -0.2) is 29.3 Å². The summed E-state index contributed by atoms with van der Waals surface area (Å²) in [5, 5.41) is 2.95. The lowest BCUT2D eigenvalue weighted by atomic mass is 10.0. The van der Waals surface area contributed by atoms with Crippen molar-refractivity contribution in [2.45, 2.75) is 52.6 Å². The molecule has 156 valence electrons. The molecule has 0 heterocycles. The Labute approximate surface area is 173 Å². The number of rotatable bonds is 10. The predicted molar refractivity (Wildman–Crippen MR) is 114 cm³/mol. The first kappa shape index (κ1) is 22.6.